The molecule has 0 fully saturated rings. The molecule has 102 valence electrons. The van der Waals surface area contributed by atoms with E-state index in [-0.39, 0.29) is 12.2 Å². The predicted molar refractivity (Wildman–Crippen MR) is 73.3 cm³/mol. The zero-order valence-corrected chi connectivity index (χ0v) is 12.3. The molecule has 0 bridgehead atoms. The van der Waals surface area contributed by atoms with Crippen LogP contribution >= 0.6 is 7.75 Å². The SMILES string of the molecule is CC(C)OP(=O)(NCc1ccccc1)OC(C)C. The highest BCUT2D eigenvalue weighted by molar-refractivity contribution is 7.51. The Labute approximate surface area is 109 Å². The van der Waals surface area contributed by atoms with Gasteiger partial charge in [0, 0.05) is 6.54 Å². The first kappa shape index (κ1) is 15.4. The van der Waals surface area contributed by atoms with E-state index < -0.39 is 7.75 Å². The van der Waals surface area contributed by atoms with E-state index in [1.54, 1.807) is 0 Å². The van der Waals surface area contributed by atoms with Crippen molar-refractivity contribution in [2.24, 2.45) is 0 Å². The second-order valence-electron chi connectivity index (χ2n) is 4.63. The highest BCUT2D eigenvalue weighted by atomic mass is 31.2. The van der Waals surface area contributed by atoms with Crippen molar-refractivity contribution in [2.45, 2.75) is 46.4 Å². The van der Waals surface area contributed by atoms with Crippen molar-refractivity contribution in [2.75, 3.05) is 0 Å². The van der Waals surface area contributed by atoms with Gasteiger partial charge in [0.05, 0.1) is 12.2 Å². The van der Waals surface area contributed by atoms with Crippen LogP contribution in [0.2, 0.25) is 0 Å². The lowest BCUT2D eigenvalue weighted by atomic mass is 10.2. The molecule has 0 aliphatic carbocycles. The van der Waals surface area contributed by atoms with Crippen molar-refractivity contribution in [1.29, 1.82) is 0 Å². The summed E-state index contributed by atoms with van der Waals surface area (Å²) >= 11 is 0. The molecule has 1 rings (SSSR count). The fourth-order valence-corrected chi connectivity index (χ4v) is 3.12. The molecule has 0 atom stereocenters. The van der Waals surface area contributed by atoms with Crippen molar-refractivity contribution < 1.29 is 13.6 Å². The summed E-state index contributed by atoms with van der Waals surface area (Å²) in [5.41, 5.74) is 1.04. The van der Waals surface area contributed by atoms with Crippen LogP contribution in [-0.4, -0.2) is 12.2 Å². The zero-order chi connectivity index (χ0) is 13.6. The molecule has 0 amide bonds. The summed E-state index contributed by atoms with van der Waals surface area (Å²) in [6.45, 7) is 7.79. The molecule has 0 aliphatic rings. The number of benzene rings is 1. The molecule has 0 heterocycles. The van der Waals surface area contributed by atoms with Gasteiger partial charge in [0.2, 0.25) is 0 Å². The summed E-state index contributed by atoms with van der Waals surface area (Å²) in [6.07, 6.45) is -0.310. The lowest BCUT2D eigenvalue weighted by Gasteiger charge is -2.23. The first-order valence-electron chi connectivity index (χ1n) is 6.17. The molecule has 0 spiro atoms. The summed E-state index contributed by atoms with van der Waals surface area (Å²) in [7, 11) is -3.25. The van der Waals surface area contributed by atoms with E-state index in [1.165, 1.54) is 0 Å². The van der Waals surface area contributed by atoms with Crippen molar-refractivity contribution in [3.05, 3.63) is 35.9 Å². The van der Waals surface area contributed by atoms with Gasteiger partial charge in [0.25, 0.3) is 0 Å². The smallest absolute Gasteiger partial charge is 0.294 e. The Kier molecular flexibility index (Phi) is 6.03. The Morgan fingerprint density at radius 1 is 1.06 bits per heavy atom. The van der Waals surface area contributed by atoms with Crippen LogP contribution in [0.1, 0.15) is 33.3 Å². The first-order valence-corrected chi connectivity index (χ1v) is 7.71. The van der Waals surface area contributed by atoms with E-state index in [2.05, 4.69) is 5.09 Å². The van der Waals surface area contributed by atoms with Crippen LogP contribution in [-0.2, 0) is 20.2 Å². The van der Waals surface area contributed by atoms with Gasteiger partial charge in [-0.2, -0.15) is 0 Å². The van der Waals surface area contributed by atoms with Gasteiger partial charge >= 0.3 is 7.75 Å². The maximum atomic E-state index is 12.5. The van der Waals surface area contributed by atoms with Gasteiger partial charge in [0.1, 0.15) is 0 Å². The van der Waals surface area contributed by atoms with Gasteiger partial charge in [0.15, 0.2) is 0 Å². The molecule has 0 aliphatic heterocycles. The first-order chi connectivity index (χ1) is 8.41. The lowest BCUT2D eigenvalue weighted by Crippen LogP contribution is -2.19. The number of nitrogens with one attached hydrogen (secondary N) is 1. The molecule has 1 aromatic carbocycles. The molecule has 5 heteroatoms. The van der Waals surface area contributed by atoms with Crippen molar-refractivity contribution in [3.63, 3.8) is 0 Å². The minimum Gasteiger partial charge on any atom is -0.294 e. The fourth-order valence-electron chi connectivity index (χ4n) is 1.44. The van der Waals surface area contributed by atoms with E-state index in [0.717, 1.165) is 5.56 Å². The van der Waals surface area contributed by atoms with Crippen molar-refractivity contribution >= 4 is 7.75 Å². The minimum absolute atomic E-state index is 0.155. The highest BCUT2D eigenvalue weighted by Crippen LogP contribution is 2.46. The number of hydrogen-bond acceptors (Lipinski definition) is 3. The molecule has 0 aromatic heterocycles. The summed E-state index contributed by atoms with van der Waals surface area (Å²) < 4.78 is 23.2. The molecule has 4 nitrogen and oxygen atoms in total. The summed E-state index contributed by atoms with van der Waals surface area (Å²) in [5, 5.41) is 2.89. The van der Waals surface area contributed by atoms with Gasteiger partial charge in [-0.1, -0.05) is 30.3 Å². The monoisotopic (exact) mass is 271 g/mol. The average molecular weight is 271 g/mol. The number of rotatable bonds is 7. The topological polar surface area (TPSA) is 47.6 Å². The molecular formula is C13H22NO3P. The molecule has 1 aromatic rings. The largest absolute Gasteiger partial charge is 0.406 e. The van der Waals surface area contributed by atoms with Crippen LogP contribution in [0.4, 0.5) is 0 Å². The van der Waals surface area contributed by atoms with E-state index in [1.807, 2.05) is 58.0 Å². The molecule has 0 saturated carbocycles. The Morgan fingerprint density at radius 3 is 2.00 bits per heavy atom. The summed E-state index contributed by atoms with van der Waals surface area (Å²) in [5.74, 6) is 0. The average Bonchev–Trinajstić information content (AvgIpc) is 2.26. The Bertz CT molecular complexity index is 378. The molecular weight excluding hydrogens is 249 g/mol. The second-order valence-corrected chi connectivity index (χ2v) is 6.36. The van der Waals surface area contributed by atoms with Gasteiger partial charge in [-0.3, -0.25) is 9.05 Å². The Morgan fingerprint density at radius 2 is 1.56 bits per heavy atom. The molecule has 0 unspecified atom stereocenters. The zero-order valence-electron chi connectivity index (χ0n) is 11.4. The summed E-state index contributed by atoms with van der Waals surface area (Å²) in [4.78, 5) is 0. The second kappa shape index (κ2) is 7.05. The van der Waals surface area contributed by atoms with Gasteiger partial charge < -0.3 is 0 Å². The van der Waals surface area contributed by atoms with Crippen LogP contribution in [0, 0.1) is 0 Å². The van der Waals surface area contributed by atoms with Crippen LogP contribution in [0.15, 0.2) is 30.3 Å². The van der Waals surface area contributed by atoms with Crippen molar-refractivity contribution in [3.8, 4) is 0 Å². The van der Waals surface area contributed by atoms with E-state index >= 15 is 0 Å². The Balaban J connectivity index is 2.64. The standard InChI is InChI=1S/C13H22NO3P/c1-11(2)16-18(15,17-12(3)4)14-10-13-8-6-5-7-9-13/h5-9,11-12H,10H2,1-4H3,(H,14,15). The van der Waals surface area contributed by atoms with Gasteiger partial charge in [-0.05, 0) is 33.3 Å². The van der Waals surface area contributed by atoms with E-state index in [4.69, 9.17) is 9.05 Å². The molecule has 1 N–H and O–H groups in total. The molecule has 0 saturated heterocycles. The quantitative estimate of drug-likeness (QED) is 0.767. The van der Waals surface area contributed by atoms with Gasteiger partial charge in [-0.25, -0.2) is 9.65 Å². The lowest BCUT2D eigenvalue weighted by molar-refractivity contribution is 0.135. The Hall–Kier alpha value is -0.670. The van der Waals surface area contributed by atoms with Crippen LogP contribution in [0.5, 0.6) is 0 Å². The third-order valence-electron chi connectivity index (χ3n) is 2.02. The molecule has 18 heavy (non-hydrogen) atoms. The minimum atomic E-state index is -3.25. The van der Waals surface area contributed by atoms with Crippen molar-refractivity contribution in [1.82, 2.24) is 5.09 Å². The van der Waals surface area contributed by atoms with Gasteiger partial charge in [-0.15, -0.1) is 0 Å². The normalized spacial score (nSPS) is 12.3. The van der Waals surface area contributed by atoms with Crippen LogP contribution < -0.4 is 5.09 Å². The van der Waals surface area contributed by atoms with Crippen LogP contribution in [0.25, 0.3) is 0 Å². The van der Waals surface area contributed by atoms with E-state index in [0.29, 0.717) is 6.54 Å². The van der Waals surface area contributed by atoms with E-state index in [9.17, 15) is 4.57 Å². The molecule has 0 radical (unpaired) electrons. The number of hydrogen-bond donors (Lipinski definition) is 1. The maximum Gasteiger partial charge on any atom is 0.406 e. The van der Waals surface area contributed by atoms with Crippen LogP contribution in [0.3, 0.4) is 0 Å². The highest BCUT2D eigenvalue weighted by Gasteiger charge is 2.27. The fraction of sp³-hybridized carbons (Fsp3) is 0.538. The maximum absolute atomic E-state index is 12.5. The summed E-state index contributed by atoms with van der Waals surface area (Å²) in [6, 6.07) is 9.74. The third-order valence-corrected chi connectivity index (χ3v) is 3.96. The predicted octanol–water partition coefficient (Wildman–Crippen LogP) is 3.73. The third kappa shape index (κ3) is 5.78.